The van der Waals surface area contributed by atoms with Crippen LogP contribution in [0.25, 0.3) is 0 Å². The molecule has 2 N–H and O–H groups in total. The molecule has 1 amide bonds. The Morgan fingerprint density at radius 2 is 2.14 bits per heavy atom. The fraction of sp³-hybridized carbons (Fsp3) is 0.588. The van der Waals surface area contributed by atoms with Crippen molar-refractivity contribution in [2.24, 2.45) is 5.92 Å². The van der Waals surface area contributed by atoms with Crippen molar-refractivity contribution >= 4 is 17.5 Å². The van der Waals surface area contributed by atoms with E-state index in [9.17, 15) is 9.90 Å². The van der Waals surface area contributed by atoms with Crippen molar-refractivity contribution < 1.29 is 9.90 Å². The molecule has 1 aromatic rings. The number of hydrogen-bond acceptors (Lipinski definition) is 3. The zero-order valence-electron chi connectivity index (χ0n) is 13.3. The Labute approximate surface area is 137 Å². The fourth-order valence-electron chi connectivity index (χ4n) is 2.96. The van der Waals surface area contributed by atoms with E-state index >= 15 is 0 Å². The van der Waals surface area contributed by atoms with Crippen LogP contribution >= 0.6 is 11.6 Å². The van der Waals surface area contributed by atoms with Gasteiger partial charge >= 0.3 is 0 Å². The first-order valence-corrected chi connectivity index (χ1v) is 8.32. The van der Waals surface area contributed by atoms with Gasteiger partial charge < -0.3 is 10.4 Å². The minimum absolute atomic E-state index is 0.0138. The smallest absolute Gasteiger partial charge is 0.234 e. The zero-order chi connectivity index (χ0) is 16.1. The van der Waals surface area contributed by atoms with Crippen molar-refractivity contribution in [2.75, 3.05) is 19.6 Å². The van der Waals surface area contributed by atoms with Crippen LogP contribution in [0.1, 0.15) is 38.3 Å². The minimum atomic E-state index is -0.300. The summed E-state index contributed by atoms with van der Waals surface area (Å²) in [5.41, 5.74) is 1.07. The van der Waals surface area contributed by atoms with Gasteiger partial charge in [0.2, 0.25) is 5.91 Å². The molecular formula is C17H25ClN2O2. The third-order valence-electron chi connectivity index (χ3n) is 4.37. The Balaban J connectivity index is 1.86. The Morgan fingerprint density at radius 1 is 1.45 bits per heavy atom. The molecule has 1 heterocycles. The summed E-state index contributed by atoms with van der Waals surface area (Å²) in [6.45, 7) is 5.94. The second-order valence-corrected chi connectivity index (χ2v) is 6.54. The van der Waals surface area contributed by atoms with Gasteiger partial charge in [0.15, 0.2) is 0 Å². The Morgan fingerprint density at radius 3 is 2.68 bits per heavy atom. The Bertz CT molecular complexity index is 490. The van der Waals surface area contributed by atoms with Crippen molar-refractivity contribution in [1.29, 1.82) is 0 Å². The van der Waals surface area contributed by atoms with Crippen molar-refractivity contribution in [3.05, 3.63) is 34.9 Å². The molecule has 122 valence electrons. The van der Waals surface area contributed by atoms with E-state index in [1.807, 2.05) is 31.2 Å². The predicted octanol–water partition coefficient (Wildman–Crippen LogP) is 2.61. The lowest BCUT2D eigenvalue weighted by Crippen LogP contribution is -2.38. The molecule has 0 spiro atoms. The van der Waals surface area contributed by atoms with Crippen molar-refractivity contribution in [1.82, 2.24) is 10.2 Å². The van der Waals surface area contributed by atoms with Gasteiger partial charge in [-0.05, 0) is 49.9 Å². The lowest BCUT2D eigenvalue weighted by molar-refractivity contribution is -0.122. The molecule has 0 saturated carbocycles. The van der Waals surface area contributed by atoms with Crippen molar-refractivity contribution in [3.63, 3.8) is 0 Å². The summed E-state index contributed by atoms with van der Waals surface area (Å²) >= 11 is 5.90. The van der Waals surface area contributed by atoms with Gasteiger partial charge in [-0.15, -0.1) is 0 Å². The summed E-state index contributed by atoms with van der Waals surface area (Å²) in [5.74, 6) is 0.319. The maximum atomic E-state index is 12.2. The maximum absolute atomic E-state index is 12.2. The van der Waals surface area contributed by atoms with Crippen LogP contribution in [-0.2, 0) is 4.79 Å². The number of carbonyl (C=O) groups is 1. The SMILES string of the molecule is CCC(NC(=O)CN1CCC(C(C)O)C1)c1ccc(Cl)cc1. The van der Waals surface area contributed by atoms with E-state index in [2.05, 4.69) is 17.1 Å². The topological polar surface area (TPSA) is 52.6 Å². The number of rotatable bonds is 6. The Kier molecular flexibility index (Phi) is 6.24. The Hall–Kier alpha value is -1.10. The van der Waals surface area contributed by atoms with Gasteiger partial charge in [0.25, 0.3) is 0 Å². The molecule has 1 aliphatic heterocycles. The van der Waals surface area contributed by atoms with Crippen molar-refractivity contribution in [2.45, 2.75) is 38.8 Å². The molecule has 0 aromatic heterocycles. The summed E-state index contributed by atoms with van der Waals surface area (Å²) in [6, 6.07) is 7.62. The average molecular weight is 325 g/mol. The summed E-state index contributed by atoms with van der Waals surface area (Å²) in [4.78, 5) is 14.4. The van der Waals surface area contributed by atoms with Gasteiger partial charge in [-0.3, -0.25) is 9.69 Å². The molecule has 1 saturated heterocycles. The molecule has 5 heteroatoms. The normalized spacial score (nSPS) is 21.5. The first-order valence-electron chi connectivity index (χ1n) is 7.94. The molecule has 0 radical (unpaired) electrons. The largest absolute Gasteiger partial charge is 0.393 e. The summed E-state index contributed by atoms with van der Waals surface area (Å²) in [6.07, 6.45) is 1.49. The van der Waals surface area contributed by atoms with Crippen LogP contribution in [0.2, 0.25) is 5.02 Å². The lowest BCUT2D eigenvalue weighted by atomic mass is 10.0. The van der Waals surface area contributed by atoms with Gasteiger partial charge in [-0.2, -0.15) is 0 Å². The molecule has 4 nitrogen and oxygen atoms in total. The number of hydrogen-bond donors (Lipinski definition) is 2. The molecule has 0 aliphatic carbocycles. The van der Waals surface area contributed by atoms with Gasteiger partial charge in [0.05, 0.1) is 18.7 Å². The molecule has 0 bridgehead atoms. The van der Waals surface area contributed by atoms with E-state index in [0.29, 0.717) is 11.6 Å². The van der Waals surface area contributed by atoms with Gasteiger partial charge in [0, 0.05) is 11.6 Å². The van der Waals surface area contributed by atoms with Crippen LogP contribution in [0.3, 0.4) is 0 Å². The fourth-order valence-corrected chi connectivity index (χ4v) is 3.09. The molecule has 3 atom stereocenters. The van der Waals surface area contributed by atoms with Gasteiger partial charge in [-0.1, -0.05) is 30.7 Å². The van der Waals surface area contributed by atoms with E-state index in [0.717, 1.165) is 31.5 Å². The van der Waals surface area contributed by atoms with E-state index in [1.165, 1.54) is 0 Å². The molecule has 3 unspecified atom stereocenters. The van der Waals surface area contributed by atoms with Crippen LogP contribution in [0.15, 0.2) is 24.3 Å². The number of likely N-dealkylation sites (tertiary alicyclic amines) is 1. The molecule has 1 aliphatic rings. The first kappa shape index (κ1) is 17.3. The summed E-state index contributed by atoms with van der Waals surface area (Å²) < 4.78 is 0. The number of benzene rings is 1. The number of aliphatic hydroxyl groups excluding tert-OH is 1. The van der Waals surface area contributed by atoms with Crippen molar-refractivity contribution in [3.8, 4) is 0 Å². The maximum Gasteiger partial charge on any atom is 0.234 e. The van der Waals surface area contributed by atoms with Crippen LogP contribution in [-0.4, -0.2) is 41.7 Å². The highest BCUT2D eigenvalue weighted by atomic mass is 35.5. The van der Waals surface area contributed by atoms with Crippen LogP contribution in [0.5, 0.6) is 0 Å². The average Bonchev–Trinajstić information content (AvgIpc) is 2.94. The van der Waals surface area contributed by atoms with E-state index < -0.39 is 0 Å². The van der Waals surface area contributed by atoms with E-state index in [-0.39, 0.29) is 24.0 Å². The highest BCUT2D eigenvalue weighted by Gasteiger charge is 2.27. The number of nitrogens with zero attached hydrogens (tertiary/aromatic N) is 1. The predicted molar refractivity (Wildman–Crippen MR) is 88.9 cm³/mol. The number of nitrogens with one attached hydrogen (secondary N) is 1. The lowest BCUT2D eigenvalue weighted by Gasteiger charge is -2.21. The number of carbonyl (C=O) groups excluding carboxylic acids is 1. The molecule has 22 heavy (non-hydrogen) atoms. The van der Waals surface area contributed by atoms with Gasteiger partial charge in [0.1, 0.15) is 0 Å². The molecule has 2 rings (SSSR count). The second-order valence-electron chi connectivity index (χ2n) is 6.10. The minimum Gasteiger partial charge on any atom is -0.393 e. The number of amides is 1. The summed E-state index contributed by atoms with van der Waals surface area (Å²) in [5, 5.41) is 13.4. The molecule has 1 aromatic carbocycles. The highest BCUT2D eigenvalue weighted by Crippen LogP contribution is 2.21. The van der Waals surface area contributed by atoms with Crippen LogP contribution in [0.4, 0.5) is 0 Å². The van der Waals surface area contributed by atoms with Crippen LogP contribution in [0, 0.1) is 5.92 Å². The highest BCUT2D eigenvalue weighted by molar-refractivity contribution is 6.30. The first-order chi connectivity index (χ1) is 10.5. The third-order valence-corrected chi connectivity index (χ3v) is 4.63. The number of aliphatic hydroxyl groups is 1. The van der Waals surface area contributed by atoms with E-state index in [1.54, 1.807) is 0 Å². The monoisotopic (exact) mass is 324 g/mol. The molecule has 1 fully saturated rings. The summed E-state index contributed by atoms with van der Waals surface area (Å²) in [7, 11) is 0. The van der Waals surface area contributed by atoms with Gasteiger partial charge in [-0.25, -0.2) is 0 Å². The van der Waals surface area contributed by atoms with Crippen LogP contribution < -0.4 is 5.32 Å². The second kappa shape index (κ2) is 7.95. The zero-order valence-corrected chi connectivity index (χ0v) is 14.0. The number of halogens is 1. The van der Waals surface area contributed by atoms with E-state index in [4.69, 9.17) is 11.6 Å². The molecular weight excluding hydrogens is 300 g/mol. The third kappa shape index (κ3) is 4.70. The standard InChI is InChI=1S/C17H25ClN2O2/c1-3-16(13-4-6-15(18)7-5-13)19-17(22)11-20-9-8-14(10-20)12(2)21/h4-7,12,14,16,21H,3,8-11H2,1-2H3,(H,19,22). The quantitative estimate of drug-likeness (QED) is 0.845.